The molecule has 2 amide bonds. The first kappa shape index (κ1) is 31.0. The molecule has 0 heterocycles. The molecule has 1 fully saturated rings. The summed E-state index contributed by atoms with van der Waals surface area (Å²) in [6, 6.07) is 32.2. The standard InChI is InChI=1S/C35H37N3O5S/c1-43-32-15-9-8-14-29(32)24-36-35(40)34(28-12-6-3-7-13-28)38(25-27-10-4-2-5-11-27)33(39)23-18-26-16-21-31(22-17-26)44(41,42)37-30-19-20-30/h2-17,21-22,30,34,37H,18-20,23-25H2,1H3,(H,36,40). The number of carbonyl (C=O) groups is 2. The number of benzene rings is 4. The minimum absolute atomic E-state index is 0.0254. The van der Waals surface area contributed by atoms with Crippen LogP contribution >= 0.6 is 0 Å². The summed E-state index contributed by atoms with van der Waals surface area (Å²) in [5.74, 6) is 0.176. The highest BCUT2D eigenvalue weighted by Crippen LogP contribution is 2.27. The van der Waals surface area contributed by atoms with Gasteiger partial charge in [-0.15, -0.1) is 0 Å². The number of carbonyl (C=O) groups excluding carboxylic acids is 2. The van der Waals surface area contributed by atoms with E-state index in [0.717, 1.165) is 29.5 Å². The zero-order valence-electron chi connectivity index (χ0n) is 24.7. The van der Waals surface area contributed by atoms with Crippen LogP contribution in [0.1, 0.15) is 47.6 Å². The third-order valence-corrected chi connectivity index (χ3v) is 9.13. The van der Waals surface area contributed by atoms with Crippen LogP contribution in [0.4, 0.5) is 0 Å². The molecule has 0 radical (unpaired) electrons. The van der Waals surface area contributed by atoms with Gasteiger partial charge in [0.25, 0.3) is 0 Å². The fourth-order valence-corrected chi connectivity index (χ4v) is 6.36. The van der Waals surface area contributed by atoms with Crippen molar-refractivity contribution < 1.29 is 22.7 Å². The first-order valence-electron chi connectivity index (χ1n) is 14.7. The van der Waals surface area contributed by atoms with Gasteiger partial charge in [-0.05, 0) is 54.2 Å². The molecule has 5 rings (SSSR count). The molecule has 4 aromatic carbocycles. The highest BCUT2D eigenvalue weighted by atomic mass is 32.2. The van der Waals surface area contributed by atoms with Crippen molar-refractivity contribution in [2.24, 2.45) is 0 Å². The Kier molecular flexibility index (Phi) is 10.1. The maximum absolute atomic E-state index is 14.0. The number of hydrogen-bond acceptors (Lipinski definition) is 5. The summed E-state index contributed by atoms with van der Waals surface area (Å²) in [7, 11) is -1.96. The van der Waals surface area contributed by atoms with Gasteiger partial charge in [-0.2, -0.15) is 0 Å². The van der Waals surface area contributed by atoms with E-state index in [1.54, 1.807) is 36.3 Å². The number of aryl methyl sites for hydroxylation is 1. The molecule has 8 nitrogen and oxygen atoms in total. The van der Waals surface area contributed by atoms with Gasteiger partial charge in [0, 0.05) is 31.1 Å². The third kappa shape index (κ3) is 8.12. The second-order valence-electron chi connectivity index (χ2n) is 10.9. The molecule has 1 unspecified atom stereocenters. The fourth-order valence-electron chi connectivity index (χ4n) is 5.06. The normalized spacial score (nSPS) is 13.6. The first-order valence-corrected chi connectivity index (χ1v) is 16.2. The zero-order valence-corrected chi connectivity index (χ0v) is 25.5. The van der Waals surface area contributed by atoms with E-state index in [1.165, 1.54) is 0 Å². The highest BCUT2D eigenvalue weighted by molar-refractivity contribution is 7.89. The summed E-state index contributed by atoms with van der Waals surface area (Å²) in [6.07, 6.45) is 2.26. The number of sulfonamides is 1. The quantitative estimate of drug-likeness (QED) is 0.205. The van der Waals surface area contributed by atoms with Crippen molar-refractivity contribution >= 4 is 21.8 Å². The lowest BCUT2D eigenvalue weighted by Gasteiger charge is -2.32. The molecular weight excluding hydrogens is 574 g/mol. The van der Waals surface area contributed by atoms with Crippen LogP contribution in [-0.2, 0) is 39.1 Å². The molecule has 4 aromatic rings. The molecule has 228 valence electrons. The number of para-hydroxylation sites is 1. The Balaban J connectivity index is 1.37. The number of nitrogens with one attached hydrogen (secondary N) is 2. The van der Waals surface area contributed by atoms with Crippen molar-refractivity contribution in [3.05, 3.63) is 131 Å². The summed E-state index contributed by atoms with van der Waals surface area (Å²) in [5.41, 5.74) is 3.26. The van der Waals surface area contributed by atoms with Crippen LogP contribution in [-0.4, -0.2) is 38.3 Å². The van der Waals surface area contributed by atoms with Gasteiger partial charge in [-0.1, -0.05) is 91.0 Å². The molecular formula is C35H37N3O5S. The average molecular weight is 612 g/mol. The van der Waals surface area contributed by atoms with Crippen molar-refractivity contribution in [2.45, 2.75) is 55.8 Å². The lowest BCUT2D eigenvalue weighted by molar-refractivity contribution is -0.141. The van der Waals surface area contributed by atoms with E-state index in [2.05, 4.69) is 10.0 Å². The lowest BCUT2D eigenvalue weighted by Crippen LogP contribution is -2.43. The first-order chi connectivity index (χ1) is 21.3. The third-order valence-electron chi connectivity index (χ3n) is 7.60. The summed E-state index contributed by atoms with van der Waals surface area (Å²) in [4.78, 5) is 29.8. The SMILES string of the molecule is COc1ccccc1CNC(=O)C(c1ccccc1)N(Cc1ccccc1)C(=O)CCc1ccc(S(=O)(=O)NC2CC2)cc1. The second-order valence-corrected chi connectivity index (χ2v) is 12.6. The molecule has 1 atom stereocenters. The van der Waals surface area contributed by atoms with Crippen LogP contribution in [0.5, 0.6) is 5.75 Å². The Labute approximate surface area is 259 Å². The van der Waals surface area contributed by atoms with Crippen molar-refractivity contribution in [3.63, 3.8) is 0 Å². The number of methoxy groups -OCH3 is 1. The van der Waals surface area contributed by atoms with Crippen LogP contribution in [0.2, 0.25) is 0 Å². The Hall–Kier alpha value is -4.47. The largest absolute Gasteiger partial charge is 0.496 e. The summed E-state index contributed by atoms with van der Waals surface area (Å²) in [5, 5.41) is 3.03. The van der Waals surface area contributed by atoms with Gasteiger partial charge in [-0.3, -0.25) is 9.59 Å². The summed E-state index contributed by atoms with van der Waals surface area (Å²) in [6.45, 7) is 0.482. The van der Waals surface area contributed by atoms with E-state index in [4.69, 9.17) is 4.74 Å². The van der Waals surface area contributed by atoms with Crippen molar-refractivity contribution in [1.29, 1.82) is 0 Å². The molecule has 0 saturated heterocycles. The van der Waals surface area contributed by atoms with Gasteiger partial charge in [0.05, 0.1) is 12.0 Å². The van der Waals surface area contributed by atoms with E-state index < -0.39 is 16.1 Å². The van der Waals surface area contributed by atoms with Crippen LogP contribution < -0.4 is 14.8 Å². The van der Waals surface area contributed by atoms with Crippen molar-refractivity contribution in [1.82, 2.24) is 14.9 Å². The molecule has 1 aliphatic carbocycles. The van der Waals surface area contributed by atoms with Crippen molar-refractivity contribution in [3.8, 4) is 5.75 Å². The Morgan fingerprint density at radius 2 is 1.48 bits per heavy atom. The number of ether oxygens (including phenoxy) is 1. The van der Waals surface area contributed by atoms with E-state index in [-0.39, 0.29) is 42.3 Å². The van der Waals surface area contributed by atoms with Crippen LogP contribution in [0, 0.1) is 0 Å². The molecule has 0 aromatic heterocycles. The summed E-state index contributed by atoms with van der Waals surface area (Å²) >= 11 is 0. The van der Waals surface area contributed by atoms with E-state index >= 15 is 0 Å². The Bertz CT molecular complexity index is 1660. The molecule has 1 saturated carbocycles. The summed E-state index contributed by atoms with van der Waals surface area (Å²) < 4.78 is 33.3. The Morgan fingerprint density at radius 3 is 2.14 bits per heavy atom. The predicted molar refractivity (Wildman–Crippen MR) is 169 cm³/mol. The molecule has 44 heavy (non-hydrogen) atoms. The molecule has 1 aliphatic rings. The maximum Gasteiger partial charge on any atom is 0.247 e. The average Bonchev–Trinajstić information content (AvgIpc) is 3.87. The lowest BCUT2D eigenvalue weighted by atomic mass is 10.0. The molecule has 0 bridgehead atoms. The maximum atomic E-state index is 14.0. The van der Waals surface area contributed by atoms with Crippen LogP contribution in [0.25, 0.3) is 0 Å². The number of rotatable bonds is 14. The van der Waals surface area contributed by atoms with Gasteiger partial charge in [0.15, 0.2) is 0 Å². The smallest absolute Gasteiger partial charge is 0.247 e. The van der Waals surface area contributed by atoms with Gasteiger partial charge < -0.3 is 15.0 Å². The van der Waals surface area contributed by atoms with Gasteiger partial charge in [-0.25, -0.2) is 13.1 Å². The molecule has 2 N–H and O–H groups in total. The monoisotopic (exact) mass is 611 g/mol. The fraction of sp³-hybridized carbons (Fsp3) is 0.257. The number of hydrogen-bond donors (Lipinski definition) is 2. The van der Waals surface area contributed by atoms with E-state index in [0.29, 0.717) is 17.7 Å². The van der Waals surface area contributed by atoms with E-state index in [1.807, 2.05) is 84.9 Å². The van der Waals surface area contributed by atoms with Crippen LogP contribution in [0.3, 0.4) is 0 Å². The van der Waals surface area contributed by atoms with Gasteiger partial charge in [0.2, 0.25) is 21.8 Å². The van der Waals surface area contributed by atoms with Crippen LogP contribution in [0.15, 0.2) is 114 Å². The second kappa shape index (κ2) is 14.3. The van der Waals surface area contributed by atoms with Crippen molar-refractivity contribution in [2.75, 3.05) is 7.11 Å². The minimum atomic E-state index is -3.55. The van der Waals surface area contributed by atoms with Gasteiger partial charge in [0.1, 0.15) is 11.8 Å². The zero-order chi connectivity index (χ0) is 30.9. The topological polar surface area (TPSA) is 105 Å². The van der Waals surface area contributed by atoms with E-state index in [9.17, 15) is 18.0 Å². The molecule has 9 heteroatoms. The molecule has 0 spiro atoms. The Morgan fingerprint density at radius 1 is 0.841 bits per heavy atom. The predicted octanol–water partition coefficient (Wildman–Crippen LogP) is 5.16. The number of nitrogens with zero attached hydrogens (tertiary/aromatic N) is 1. The van der Waals surface area contributed by atoms with Gasteiger partial charge >= 0.3 is 0 Å². The highest BCUT2D eigenvalue weighted by Gasteiger charge is 2.32. The molecule has 0 aliphatic heterocycles. The number of amides is 2. The minimum Gasteiger partial charge on any atom is -0.496 e.